The molecule has 1 aromatic carbocycles. The molecule has 0 unspecified atom stereocenters. The summed E-state index contributed by atoms with van der Waals surface area (Å²) in [7, 11) is 1.80. The van der Waals surface area contributed by atoms with Gasteiger partial charge in [-0.1, -0.05) is 11.6 Å². The van der Waals surface area contributed by atoms with E-state index in [0.717, 1.165) is 0 Å². The Hall–Kier alpha value is -2.12. The van der Waals surface area contributed by atoms with Gasteiger partial charge in [-0.25, -0.2) is 4.79 Å². The van der Waals surface area contributed by atoms with Crippen molar-refractivity contribution in [2.24, 2.45) is 12.0 Å². The Morgan fingerprint density at radius 1 is 1.29 bits per heavy atom. The second-order valence-corrected chi connectivity index (χ2v) is 7.52. The van der Waals surface area contributed by atoms with E-state index in [4.69, 9.17) is 11.6 Å². The summed E-state index contributed by atoms with van der Waals surface area (Å²) in [6.45, 7) is 5.63. The summed E-state index contributed by atoms with van der Waals surface area (Å²) in [5, 5.41) is 7.59. The number of anilines is 1. The Kier molecular flexibility index (Phi) is 5.46. The number of carbonyl (C=O) groups is 2. The van der Waals surface area contributed by atoms with Gasteiger partial charge in [-0.15, -0.1) is 11.3 Å². The Labute approximate surface area is 149 Å². The molecule has 128 valence electrons. The molecule has 0 fully saturated rings. The van der Waals surface area contributed by atoms with Crippen molar-refractivity contribution in [2.75, 3.05) is 5.32 Å². The maximum atomic E-state index is 12.4. The van der Waals surface area contributed by atoms with Crippen LogP contribution in [0.3, 0.4) is 0 Å². The number of thiazole rings is 1. The van der Waals surface area contributed by atoms with Crippen LogP contribution in [-0.2, 0) is 7.05 Å². The largest absolute Gasteiger partial charge is 0.333 e. The highest BCUT2D eigenvalue weighted by Gasteiger charge is 2.15. The fourth-order valence-corrected chi connectivity index (χ4v) is 2.78. The number of aryl methyl sites for hydroxylation is 1. The number of rotatable bonds is 2. The lowest BCUT2D eigenvalue weighted by atomic mass is 10.1. The summed E-state index contributed by atoms with van der Waals surface area (Å²) in [5.74, 6) is -0.460. The number of amides is 3. The first-order valence-corrected chi connectivity index (χ1v) is 8.49. The van der Waals surface area contributed by atoms with Crippen LogP contribution < -0.4 is 15.4 Å². The third kappa shape index (κ3) is 4.94. The summed E-state index contributed by atoms with van der Waals surface area (Å²) >= 11 is 7.45. The van der Waals surface area contributed by atoms with Gasteiger partial charge in [0.05, 0.1) is 10.6 Å². The van der Waals surface area contributed by atoms with E-state index in [1.165, 1.54) is 17.4 Å². The van der Waals surface area contributed by atoms with E-state index in [-0.39, 0.29) is 22.2 Å². The minimum Gasteiger partial charge on any atom is -0.333 e. The molecule has 0 aliphatic heterocycles. The molecule has 1 heterocycles. The molecule has 24 heavy (non-hydrogen) atoms. The molecule has 3 amide bonds. The second kappa shape index (κ2) is 7.19. The van der Waals surface area contributed by atoms with Crippen LogP contribution in [0, 0.1) is 0 Å². The summed E-state index contributed by atoms with van der Waals surface area (Å²) < 4.78 is 1.75. The number of nitrogens with zero attached hydrogens (tertiary/aromatic N) is 2. The van der Waals surface area contributed by atoms with E-state index >= 15 is 0 Å². The molecule has 0 saturated carbocycles. The second-order valence-electron chi connectivity index (χ2n) is 6.24. The van der Waals surface area contributed by atoms with Gasteiger partial charge in [0, 0.05) is 29.9 Å². The standard InChI is InChI=1S/C16H19ClN4O2S/c1-16(2,3)20-14(23)18-10-5-6-12(17)11(9-10)13(22)19-15-21(4)7-8-24-15/h5-9H,1-4H3,(H2,18,20,23). The molecule has 0 radical (unpaired) electrons. The predicted octanol–water partition coefficient (Wildman–Crippen LogP) is 3.40. The van der Waals surface area contributed by atoms with Crippen molar-refractivity contribution in [2.45, 2.75) is 26.3 Å². The van der Waals surface area contributed by atoms with Gasteiger partial charge in [-0.3, -0.25) is 4.79 Å². The highest BCUT2D eigenvalue weighted by molar-refractivity contribution is 7.07. The normalized spacial score (nSPS) is 12.1. The Morgan fingerprint density at radius 3 is 2.58 bits per heavy atom. The van der Waals surface area contributed by atoms with E-state index in [1.54, 1.807) is 23.7 Å². The van der Waals surface area contributed by atoms with Crippen LogP contribution in [0.5, 0.6) is 0 Å². The monoisotopic (exact) mass is 366 g/mol. The van der Waals surface area contributed by atoms with Crippen molar-refractivity contribution >= 4 is 40.6 Å². The summed E-state index contributed by atoms with van der Waals surface area (Å²) in [6, 6.07) is 4.35. The summed E-state index contributed by atoms with van der Waals surface area (Å²) in [6.07, 6.45) is 1.81. The number of aromatic nitrogens is 1. The molecule has 2 rings (SSSR count). The molecule has 0 aliphatic rings. The molecule has 0 aliphatic carbocycles. The quantitative estimate of drug-likeness (QED) is 0.854. The lowest BCUT2D eigenvalue weighted by Gasteiger charge is -2.20. The van der Waals surface area contributed by atoms with Gasteiger partial charge in [0.25, 0.3) is 5.91 Å². The molecule has 2 N–H and O–H groups in total. The molecule has 8 heteroatoms. The number of halogens is 1. The molecular formula is C16H19ClN4O2S. The van der Waals surface area contributed by atoms with Gasteiger partial charge in [0.15, 0.2) is 4.80 Å². The van der Waals surface area contributed by atoms with Crippen LogP contribution in [-0.4, -0.2) is 22.0 Å². The van der Waals surface area contributed by atoms with Crippen molar-refractivity contribution < 1.29 is 9.59 Å². The average Bonchev–Trinajstić information content (AvgIpc) is 2.84. The molecule has 6 nitrogen and oxygen atoms in total. The van der Waals surface area contributed by atoms with E-state index in [9.17, 15) is 9.59 Å². The van der Waals surface area contributed by atoms with E-state index in [1.807, 2.05) is 32.3 Å². The fourth-order valence-electron chi connectivity index (χ4n) is 1.85. The smallest absolute Gasteiger partial charge is 0.319 e. The van der Waals surface area contributed by atoms with Gasteiger partial charge < -0.3 is 15.2 Å². The molecule has 0 atom stereocenters. The van der Waals surface area contributed by atoms with Crippen molar-refractivity contribution in [1.82, 2.24) is 9.88 Å². The zero-order valence-corrected chi connectivity index (χ0v) is 15.5. The predicted molar refractivity (Wildman–Crippen MR) is 96.5 cm³/mol. The number of hydrogen-bond acceptors (Lipinski definition) is 3. The van der Waals surface area contributed by atoms with Gasteiger partial charge in [0.1, 0.15) is 0 Å². The van der Waals surface area contributed by atoms with Gasteiger partial charge >= 0.3 is 6.03 Å². The number of hydrogen-bond donors (Lipinski definition) is 2. The van der Waals surface area contributed by atoms with Crippen LogP contribution in [0.15, 0.2) is 34.8 Å². The number of nitrogens with one attached hydrogen (secondary N) is 2. The maximum Gasteiger partial charge on any atom is 0.319 e. The Bertz CT molecular complexity index is 833. The van der Waals surface area contributed by atoms with Crippen molar-refractivity contribution in [3.8, 4) is 0 Å². The maximum absolute atomic E-state index is 12.4. The van der Waals surface area contributed by atoms with Crippen LogP contribution in [0.25, 0.3) is 0 Å². The molecular weight excluding hydrogens is 348 g/mol. The first-order valence-electron chi connectivity index (χ1n) is 7.23. The Morgan fingerprint density at radius 2 is 2.00 bits per heavy atom. The van der Waals surface area contributed by atoms with Gasteiger partial charge in [-0.05, 0) is 39.0 Å². The number of urea groups is 1. The topological polar surface area (TPSA) is 75.5 Å². The third-order valence-electron chi connectivity index (χ3n) is 2.90. The first-order chi connectivity index (χ1) is 11.2. The zero-order chi connectivity index (χ0) is 17.9. The van der Waals surface area contributed by atoms with Crippen molar-refractivity contribution in [3.05, 3.63) is 45.2 Å². The lowest BCUT2D eigenvalue weighted by Crippen LogP contribution is -2.43. The van der Waals surface area contributed by atoms with E-state index in [2.05, 4.69) is 15.6 Å². The highest BCUT2D eigenvalue weighted by atomic mass is 35.5. The number of benzene rings is 1. The summed E-state index contributed by atoms with van der Waals surface area (Å²) in [5.41, 5.74) is 0.340. The Balaban J connectivity index is 2.24. The van der Waals surface area contributed by atoms with Gasteiger partial charge in [0.2, 0.25) is 0 Å². The highest BCUT2D eigenvalue weighted by Crippen LogP contribution is 2.21. The van der Waals surface area contributed by atoms with E-state index in [0.29, 0.717) is 10.5 Å². The molecule has 2 aromatic rings. The molecule has 0 spiro atoms. The number of carbonyl (C=O) groups excluding carboxylic acids is 2. The lowest BCUT2D eigenvalue weighted by molar-refractivity contribution is 0.0998. The van der Waals surface area contributed by atoms with Gasteiger partial charge in [-0.2, -0.15) is 4.99 Å². The third-order valence-corrected chi connectivity index (χ3v) is 4.08. The molecule has 0 saturated heterocycles. The summed E-state index contributed by atoms with van der Waals surface area (Å²) in [4.78, 5) is 28.9. The fraction of sp³-hybridized carbons (Fsp3) is 0.312. The molecule has 1 aromatic heterocycles. The van der Waals surface area contributed by atoms with E-state index < -0.39 is 5.91 Å². The average molecular weight is 367 g/mol. The minimum atomic E-state index is -0.460. The van der Waals surface area contributed by atoms with Crippen molar-refractivity contribution in [1.29, 1.82) is 0 Å². The minimum absolute atomic E-state index is 0.235. The van der Waals surface area contributed by atoms with Crippen molar-refractivity contribution in [3.63, 3.8) is 0 Å². The SMILES string of the molecule is Cn1ccsc1=NC(=O)c1cc(NC(=O)NC(C)(C)C)ccc1Cl. The first kappa shape index (κ1) is 18.2. The zero-order valence-electron chi connectivity index (χ0n) is 13.9. The van der Waals surface area contributed by atoms with Crippen LogP contribution in [0.1, 0.15) is 31.1 Å². The van der Waals surface area contributed by atoms with Crippen LogP contribution in [0.2, 0.25) is 5.02 Å². The molecule has 0 bridgehead atoms. The van der Waals surface area contributed by atoms with Crippen LogP contribution >= 0.6 is 22.9 Å². The van der Waals surface area contributed by atoms with Crippen LogP contribution in [0.4, 0.5) is 10.5 Å².